The fourth-order valence-corrected chi connectivity index (χ4v) is 2.49. The van der Waals surface area contributed by atoms with Gasteiger partial charge in [0.2, 0.25) is 0 Å². The third-order valence-corrected chi connectivity index (χ3v) is 3.91. The first-order valence-electron chi connectivity index (χ1n) is 7.75. The van der Waals surface area contributed by atoms with E-state index in [-0.39, 0.29) is 6.61 Å². The number of ether oxygens (including phenoxy) is 2. The number of carbonyl (C=O) groups is 1. The zero-order valence-electron chi connectivity index (χ0n) is 14.3. The number of esters is 1. The molecule has 4 atom stereocenters. The van der Waals surface area contributed by atoms with Gasteiger partial charge in [0, 0.05) is 0 Å². The number of aliphatic hydroxyl groups excluding tert-OH is 1. The number of halogens is 1. The third kappa shape index (κ3) is 3.54. The lowest BCUT2D eigenvalue weighted by Gasteiger charge is -2.27. The lowest BCUT2D eigenvalue weighted by atomic mass is 9.94. The maximum atomic E-state index is 13.7. The minimum atomic E-state index is -2.19. The lowest BCUT2D eigenvalue weighted by molar-refractivity contribution is -0.153. The van der Waals surface area contributed by atoms with Crippen LogP contribution in [0.2, 0.25) is 0 Å². The SMILES string of the molecule is C=C=C[C@@]1(O)[C@H](O)[C@@H](COC(=O)C(C)C)O[C@H]1n1cc(F)c(N)nc1=O. The Morgan fingerprint density at radius 3 is 2.92 bits per heavy atom. The smallest absolute Gasteiger partial charge is 0.351 e. The van der Waals surface area contributed by atoms with E-state index in [0.717, 1.165) is 6.08 Å². The summed E-state index contributed by atoms with van der Waals surface area (Å²) in [4.78, 5) is 26.9. The highest BCUT2D eigenvalue weighted by Crippen LogP contribution is 2.39. The van der Waals surface area contributed by atoms with E-state index >= 15 is 0 Å². The molecule has 2 heterocycles. The van der Waals surface area contributed by atoms with E-state index in [0.29, 0.717) is 10.8 Å². The Labute approximate surface area is 148 Å². The molecule has 4 N–H and O–H groups in total. The van der Waals surface area contributed by atoms with Gasteiger partial charge in [0.25, 0.3) is 0 Å². The average molecular weight is 369 g/mol. The molecule has 0 unspecified atom stereocenters. The van der Waals surface area contributed by atoms with Gasteiger partial charge in [0.15, 0.2) is 23.5 Å². The van der Waals surface area contributed by atoms with Crippen LogP contribution in [0.25, 0.3) is 0 Å². The summed E-state index contributed by atoms with van der Waals surface area (Å²) < 4.78 is 24.9. The van der Waals surface area contributed by atoms with Crippen LogP contribution in [0.5, 0.6) is 0 Å². The minimum absolute atomic E-state index is 0.387. The van der Waals surface area contributed by atoms with Gasteiger partial charge in [0.05, 0.1) is 12.1 Å². The lowest BCUT2D eigenvalue weighted by Crippen LogP contribution is -2.47. The zero-order chi connectivity index (χ0) is 19.6. The van der Waals surface area contributed by atoms with Gasteiger partial charge < -0.3 is 25.4 Å². The van der Waals surface area contributed by atoms with Gasteiger partial charge in [-0.1, -0.05) is 20.4 Å². The normalized spacial score (nSPS) is 28.0. The molecule has 0 saturated carbocycles. The molecule has 0 amide bonds. The van der Waals surface area contributed by atoms with E-state index < -0.39 is 53.2 Å². The summed E-state index contributed by atoms with van der Waals surface area (Å²) in [5, 5.41) is 21.2. The Bertz CT molecular complexity index is 804. The number of aromatic nitrogens is 2. The van der Waals surface area contributed by atoms with Crippen molar-refractivity contribution in [3.63, 3.8) is 0 Å². The molecule has 1 aromatic rings. The molecule has 26 heavy (non-hydrogen) atoms. The van der Waals surface area contributed by atoms with Crippen molar-refractivity contribution in [2.45, 2.75) is 37.9 Å². The largest absolute Gasteiger partial charge is 0.463 e. The quantitative estimate of drug-likeness (QED) is 0.466. The number of nitrogen functional groups attached to an aromatic ring is 1. The Balaban J connectivity index is 2.39. The van der Waals surface area contributed by atoms with Crippen molar-refractivity contribution in [1.29, 1.82) is 0 Å². The molecule has 1 fully saturated rings. The monoisotopic (exact) mass is 369 g/mol. The summed E-state index contributed by atoms with van der Waals surface area (Å²) in [6.45, 7) is 6.17. The highest BCUT2D eigenvalue weighted by atomic mass is 19.1. The number of hydrogen-bond donors (Lipinski definition) is 3. The van der Waals surface area contributed by atoms with Crippen molar-refractivity contribution in [2.75, 3.05) is 12.3 Å². The van der Waals surface area contributed by atoms with Gasteiger partial charge >= 0.3 is 11.7 Å². The first-order valence-corrected chi connectivity index (χ1v) is 7.75. The molecule has 1 saturated heterocycles. The van der Waals surface area contributed by atoms with Crippen molar-refractivity contribution < 1.29 is 28.9 Å². The predicted molar refractivity (Wildman–Crippen MR) is 87.2 cm³/mol. The van der Waals surface area contributed by atoms with Crippen LogP contribution in [0.15, 0.2) is 29.4 Å². The summed E-state index contributed by atoms with van der Waals surface area (Å²) >= 11 is 0. The first kappa shape index (κ1) is 19.8. The fraction of sp³-hybridized carbons (Fsp3) is 0.500. The van der Waals surface area contributed by atoms with E-state index in [9.17, 15) is 24.2 Å². The average Bonchev–Trinajstić information content (AvgIpc) is 2.81. The molecule has 0 bridgehead atoms. The first-order chi connectivity index (χ1) is 12.1. The number of hydrogen-bond acceptors (Lipinski definition) is 8. The number of anilines is 1. The van der Waals surface area contributed by atoms with Crippen LogP contribution in [0.3, 0.4) is 0 Å². The summed E-state index contributed by atoms with van der Waals surface area (Å²) in [6.07, 6.45) is -2.69. The van der Waals surface area contributed by atoms with Crippen molar-refractivity contribution >= 4 is 11.8 Å². The molecule has 0 aliphatic carbocycles. The van der Waals surface area contributed by atoms with Crippen LogP contribution in [-0.2, 0) is 14.3 Å². The second-order valence-electron chi connectivity index (χ2n) is 6.16. The predicted octanol–water partition coefficient (Wildman–Crippen LogP) is -0.506. The Kier molecular flexibility index (Phi) is 5.62. The van der Waals surface area contributed by atoms with E-state index in [1.165, 1.54) is 0 Å². The Morgan fingerprint density at radius 2 is 2.35 bits per heavy atom. The van der Waals surface area contributed by atoms with Crippen molar-refractivity contribution in [3.8, 4) is 0 Å². The van der Waals surface area contributed by atoms with Crippen molar-refractivity contribution in [2.24, 2.45) is 5.92 Å². The molecule has 9 nitrogen and oxygen atoms in total. The highest BCUT2D eigenvalue weighted by molar-refractivity contribution is 5.71. The van der Waals surface area contributed by atoms with Gasteiger partial charge in [-0.2, -0.15) is 4.98 Å². The molecule has 10 heteroatoms. The molecule has 0 radical (unpaired) electrons. The Hall–Kier alpha value is -2.52. The molecule has 1 aromatic heterocycles. The molecule has 1 aliphatic rings. The maximum Gasteiger partial charge on any atom is 0.351 e. The van der Waals surface area contributed by atoms with Crippen molar-refractivity contribution in [3.05, 3.63) is 40.9 Å². The van der Waals surface area contributed by atoms with Crippen LogP contribution in [-0.4, -0.2) is 50.1 Å². The van der Waals surface area contributed by atoms with E-state index in [4.69, 9.17) is 15.2 Å². The van der Waals surface area contributed by atoms with Crippen LogP contribution in [0.1, 0.15) is 20.1 Å². The van der Waals surface area contributed by atoms with Gasteiger partial charge in [-0.25, -0.2) is 9.18 Å². The summed E-state index contributed by atoms with van der Waals surface area (Å²) in [5.41, 5.74) is 4.35. The van der Waals surface area contributed by atoms with E-state index in [1.807, 2.05) is 0 Å². The van der Waals surface area contributed by atoms with Crippen LogP contribution in [0.4, 0.5) is 10.2 Å². The molecule has 142 valence electrons. The molecule has 1 aliphatic heterocycles. The molecule has 0 spiro atoms. The van der Waals surface area contributed by atoms with Gasteiger partial charge in [0.1, 0.15) is 18.8 Å². The fourth-order valence-electron chi connectivity index (χ4n) is 2.49. The summed E-state index contributed by atoms with van der Waals surface area (Å²) in [5.74, 6) is -2.57. The topological polar surface area (TPSA) is 137 Å². The number of aliphatic hydroxyl groups is 2. The number of carbonyl (C=O) groups excluding carboxylic acids is 1. The van der Waals surface area contributed by atoms with Crippen LogP contribution in [0, 0.1) is 11.7 Å². The van der Waals surface area contributed by atoms with Crippen LogP contribution < -0.4 is 11.4 Å². The third-order valence-electron chi connectivity index (χ3n) is 3.91. The second kappa shape index (κ2) is 7.38. The molecular weight excluding hydrogens is 349 g/mol. The van der Waals surface area contributed by atoms with Crippen molar-refractivity contribution in [1.82, 2.24) is 9.55 Å². The summed E-state index contributed by atoms with van der Waals surface area (Å²) in [7, 11) is 0. The van der Waals surface area contributed by atoms with E-state index in [1.54, 1.807) is 13.8 Å². The standard InChI is InChI=1S/C16H20FN3O6/c1-4-5-16(24)11(21)10(7-25-13(22)8(2)3)26-14(16)20-6-9(17)12(18)19-15(20)23/h5-6,8,10-11,14,21,24H,1,7H2,2-3H3,(H2,18,19,23)/t10-,11-,14-,16-/m1/s1. The minimum Gasteiger partial charge on any atom is -0.463 e. The number of rotatable bonds is 5. The molecular formula is C16H20FN3O6. The molecule has 0 aromatic carbocycles. The molecule has 2 rings (SSSR count). The van der Waals surface area contributed by atoms with Gasteiger partial charge in [-0.3, -0.25) is 9.36 Å². The zero-order valence-corrected chi connectivity index (χ0v) is 14.3. The maximum absolute atomic E-state index is 13.7. The van der Waals surface area contributed by atoms with Gasteiger partial charge in [-0.05, 0) is 6.08 Å². The van der Waals surface area contributed by atoms with E-state index in [2.05, 4.69) is 17.3 Å². The Morgan fingerprint density at radius 1 is 1.69 bits per heavy atom. The highest BCUT2D eigenvalue weighted by Gasteiger charge is 2.55. The second-order valence-corrected chi connectivity index (χ2v) is 6.16. The van der Waals surface area contributed by atoms with Crippen LogP contribution >= 0.6 is 0 Å². The number of nitrogens with zero attached hydrogens (tertiary/aromatic N) is 2. The van der Waals surface area contributed by atoms with Gasteiger partial charge in [-0.15, -0.1) is 5.73 Å². The summed E-state index contributed by atoms with van der Waals surface area (Å²) in [6, 6.07) is 0. The number of nitrogens with two attached hydrogens (primary N) is 1.